The molecular weight excluding hydrogens is 370 g/mol. The van der Waals surface area contributed by atoms with Crippen LogP contribution in [0.4, 0.5) is 0 Å². The minimum atomic E-state index is -0.398. The quantitative estimate of drug-likeness (QED) is 0.863. The molecule has 28 heavy (non-hydrogen) atoms. The lowest BCUT2D eigenvalue weighted by atomic mass is 9.89. The van der Waals surface area contributed by atoms with Gasteiger partial charge in [0.2, 0.25) is 5.91 Å². The number of hydrogen-bond donors (Lipinski definition) is 1. The van der Waals surface area contributed by atoms with E-state index in [0.29, 0.717) is 36.8 Å². The molecule has 2 fully saturated rings. The van der Waals surface area contributed by atoms with Crippen molar-refractivity contribution in [1.82, 2.24) is 9.80 Å². The van der Waals surface area contributed by atoms with Crippen LogP contribution < -0.4 is 5.73 Å². The molecule has 1 unspecified atom stereocenters. The van der Waals surface area contributed by atoms with Gasteiger partial charge in [0.1, 0.15) is 6.04 Å². The average molecular weight is 396 g/mol. The summed E-state index contributed by atoms with van der Waals surface area (Å²) in [5.41, 5.74) is 7.88. The van der Waals surface area contributed by atoms with Crippen LogP contribution in [-0.2, 0) is 4.79 Å². The number of carbonyl (C=O) groups excluding carboxylic acids is 2. The predicted octanol–water partition coefficient (Wildman–Crippen LogP) is 2.40. The number of rotatable bonds is 4. The molecule has 0 bridgehead atoms. The van der Waals surface area contributed by atoms with Crippen LogP contribution in [0.25, 0.3) is 0 Å². The highest BCUT2D eigenvalue weighted by Crippen LogP contribution is 2.34. The lowest BCUT2D eigenvalue weighted by molar-refractivity contribution is -0.133. The third-order valence-corrected chi connectivity index (χ3v) is 6.74. The zero-order valence-electron chi connectivity index (χ0n) is 15.7. The van der Waals surface area contributed by atoms with Crippen LogP contribution in [0.15, 0.2) is 60.7 Å². The molecule has 2 saturated heterocycles. The highest BCUT2D eigenvalue weighted by molar-refractivity contribution is 7.99. The first-order valence-electron chi connectivity index (χ1n) is 9.66. The summed E-state index contributed by atoms with van der Waals surface area (Å²) in [4.78, 5) is 29.8. The summed E-state index contributed by atoms with van der Waals surface area (Å²) in [7, 11) is 0. The molecule has 0 spiro atoms. The SMILES string of the molecule is NC[C@@H]1CN(C(=O)C2CSCN2C(=O)c2ccccc2)C[C@H]1c1ccccc1. The summed E-state index contributed by atoms with van der Waals surface area (Å²) in [6.07, 6.45) is 0. The van der Waals surface area contributed by atoms with Gasteiger partial charge in [-0.25, -0.2) is 0 Å². The summed E-state index contributed by atoms with van der Waals surface area (Å²) in [6.45, 7) is 1.87. The zero-order chi connectivity index (χ0) is 19.5. The Morgan fingerprint density at radius 1 is 1.00 bits per heavy atom. The molecule has 6 heteroatoms. The number of nitrogens with two attached hydrogens (primary N) is 1. The average Bonchev–Trinajstić information content (AvgIpc) is 3.41. The van der Waals surface area contributed by atoms with E-state index in [1.165, 1.54) is 5.56 Å². The normalized spacial score (nSPS) is 24.5. The summed E-state index contributed by atoms with van der Waals surface area (Å²) < 4.78 is 0. The van der Waals surface area contributed by atoms with E-state index in [1.54, 1.807) is 28.8 Å². The van der Waals surface area contributed by atoms with Crippen molar-refractivity contribution in [2.24, 2.45) is 11.7 Å². The van der Waals surface area contributed by atoms with Crippen molar-refractivity contribution in [3.05, 3.63) is 71.8 Å². The highest BCUT2D eigenvalue weighted by Gasteiger charge is 2.42. The molecule has 146 valence electrons. The van der Waals surface area contributed by atoms with Crippen molar-refractivity contribution in [3.63, 3.8) is 0 Å². The Hall–Kier alpha value is -2.31. The maximum atomic E-state index is 13.3. The number of thioether (sulfide) groups is 1. The Morgan fingerprint density at radius 3 is 2.36 bits per heavy atom. The maximum Gasteiger partial charge on any atom is 0.255 e. The van der Waals surface area contributed by atoms with Crippen LogP contribution in [0.1, 0.15) is 21.8 Å². The van der Waals surface area contributed by atoms with Gasteiger partial charge in [0.15, 0.2) is 0 Å². The minimum Gasteiger partial charge on any atom is -0.340 e. The molecule has 2 aromatic rings. The van der Waals surface area contributed by atoms with Crippen molar-refractivity contribution in [2.75, 3.05) is 31.3 Å². The number of carbonyl (C=O) groups is 2. The summed E-state index contributed by atoms with van der Waals surface area (Å²) in [6, 6.07) is 19.1. The minimum absolute atomic E-state index is 0.0474. The molecule has 3 atom stereocenters. The molecule has 0 radical (unpaired) electrons. The third-order valence-electron chi connectivity index (χ3n) is 5.73. The van der Waals surface area contributed by atoms with Crippen LogP contribution in [0.2, 0.25) is 0 Å². The van der Waals surface area contributed by atoms with Crippen molar-refractivity contribution in [1.29, 1.82) is 0 Å². The topological polar surface area (TPSA) is 66.6 Å². The van der Waals surface area contributed by atoms with E-state index in [-0.39, 0.29) is 23.7 Å². The molecule has 0 saturated carbocycles. The standard InChI is InChI=1S/C22H25N3O2S/c23-11-18-12-24(13-19(18)16-7-3-1-4-8-16)22(27)20-14-28-15-25(20)21(26)17-9-5-2-6-10-17/h1-10,18-20H,11-15,23H2/t18-,19+,20?/m1/s1. The van der Waals surface area contributed by atoms with Crippen LogP contribution in [0, 0.1) is 5.92 Å². The molecule has 2 aliphatic heterocycles. The molecule has 2 amide bonds. The van der Waals surface area contributed by atoms with E-state index in [0.717, 1.165) is 0 Å². The van der Waals surface area contributed by atoms with Crippen molar-refractivity contribution in [3.8, 4) is 0 Å². The number of likely N-dealkylation sites (tertiary alicyclic amines) is 1. The lowest BCUT2D eigenvalue weighted by Crippen LogP contribution is -2.48. The Bertz CT molecular complexity index is 830. The molecule has 2 aromatic carbocycles. The Morgan fingerprint density at radius 2 is 1.68 bits per heavy atom. The first-order valence-corrected chi connectivity index (χ1v) is 10.8. The fourth-order valence-electron chi connectivity index (χ4n) is 4.17. The van der Waals surface area contributed by atoms with Gasteiger partial charge in [-0.3, -0.25) is 9.59 Å². The Balaban J connectivity index is 1.50. The molecule has 5 nitrogen and oxygen atoms in total. The lowest BCUT2D eigenvalue weighted by Gasteiger charge is -2.27. The van der Waals surface area contributed by atoms with Gasteiger partial charge >= 0.3 is 0 Å². The molecular formula is C22H25N3O2S. The number of benzene rings is 2. The zero-order valence-corrected chi connectivity index (χ0v) is 16.6. The summed E-state index contributed by atoms with van der Waals surface area (Å²) in [5, 5.41) is 0. The van der Waals surface area contributed by atoms with Crippen molar-refractivity contribution in [2.45, 2.75) is 12.0 Å². The largest absolute Gasteiger partial charge is 0.340 e. The molecule has 4 rings (SSSR count). The highest BCUT2D eigenvalue weighted by atomic mass is 32.2. The second-order valence-electron chi connectivity index (χ2n) is 7.41. The fourth-order valence-corrected chi connectivity index (χ4v) is 5.32. The van der Waals surface area contributed by atoms with E-state index < -0.39 is 6.04 Å². The van der Waals surface area contributed by atoms with Gasteiger partial charge < -0.3 is 15.5 Å². The molecule has 2 aliphatic rings. The van der Waals surface area contributed by atoms with Gasteiger partial charge in [-0.2, -0.15) is 0 Å². The first kappa shape index (κ1) is 19.0. The second-order valence-corrected chi connectivity index (χ2v) is 8.41. The third kappa shape index (κ3) is 3.66. The number of amides is 2. The van der Waals surface area contributed by atoms with E-state index >= 15 is 0 Å². The van der Waals surface area contributed by atoms with Crippen molar-refractivity contribution < 1.29 is 9.59 Å². The Labute approximate surface area is 169 Å². The van der Waals surface area contributed by atoms with E-state index in [9.17, 15) is 9.59 Å². The van der Waals surface area contributed by atoms with Gasteiger partial charge in [0.25, 0.3) is 5.91 Å². The van der Waals surface area contributed by atoms with Crippen molar-refractivity contribution >= 4 is 23.6 Å². The van der Waals surface area contributed by atoms with E-state index in [2.05, 4.69) is 12.1 Å². The number of nitrogens with zero attached hydrogens (tertiary/aromatic N) is 2. The van der Waals surface area contributed by atoms with Gasteiger partial charge in [0.05, 0.1) is 5.88 Å². The van der Waals surface area contributed by atoms with Gasteiger partial charge in [-0.1, -0.05) is 48.5 Å². The Kier molecular flexibility index (Phi) is 5.69. The summed E-state index contributed by atoms with van der Waals surface area (Å²) in [5.74, 6) is 1.68. The van der Waals surface area contributed by atoms with E-state index in [1.807, 2.05) is 41.3 Å². The molecule has 2 heterocycles. The van der Waals surface area contributed by atoms with Crippen LogP contribution in [0.5, 0.6) is 0 Å². The molecule has 2 N–H and O–H groups in total. The first-order chi connectivity index (χ1) is 13.7. The van der Waals surface area contributed by atoms with Gasteiger partial charge in [-0.05, 0) is 30.2 Å². The fraction of sp³-hybridized carbons (Fsp3) is 0.364. The van der Waals surface area contributed by atoms with Crippen LogP contribution in [-0.4, -0.2) is 58.9 Å². The van der Waals surface area contributed by atoms with Gasteiger partial charge in [-0.15, -0.1) is 11.8 Å². The maximum absolute atomic E-state index is 13.3. The van der Waals surface area contributed by atoms with Crippen LogP contribution in [0.3, 0.4) is 0 Å². The van der Waals surface area contributed by atoms with Crippen LogP contribution >= 0.6 is 11.8 Å². The smallest absolute Gasteiger partial charge is 0.255 e. The molecule has 0 aliphatic carbocycles. The monoisotopic (exact) mass is 395 g/mol. The summed E-state index contributed by atoms with van der Waals surface area (Å²) >= 11 is 1.64. The van der Waals surface area contributed by atoms with E-state index in [4.69, 9.17) is 5.73 Å². The number of hydrogen-bond acceptors (Lipinski definition) is 4. The molecule has 0 aromatic heterocycles. The second kappa shape index (κ2) is 8.37. The predicted molar refractivity (Wildman–Crippen MR) is 112 cm³/mol. The van der Waals surface area contributed by atoms with Gasteiger partial charge in [0, 0.05) is 30.3 Å².